The standard InChI is InChI=1S/C11H16ClNO4S/c1-16-10-7-11(17-2)9(6-8(10)12)13-4-5-18(3,14)15/h6-7,13H,4-5H2,1-3H3. The van der Waals surface area contributed by atoms with Crippen LogP contribution in [0.25, 0.3) is 0 Å². The van der Waals surface area contributed by atoms with Crippen LogP contribution in [0.3, 0.4) is 0 Å². The van der Waals surface area contributed by atoms with Gasteiger partial charge in [0.2, 0.25) is 0 Å². The van der Waals surface area contributed by atoms with Gasteiger partial charge >= 0.3 is 0 Å². The Labute approximate surface area is 112 Å². The Bertz CT molecular complexity index is 516. The monoisotopic (exact) mass is 293 g/mol. The molecule has 0 aliphatic rings. The number of hydrogen-bond donors (Lipinski definition) is 1. The van der Waals surface area contributed by atoms with Gasteiger partial charge in [0.25, 0.3) is 0 Å². The van der Waals surface area contributed by atoms with Gasteiger partial charge < -0.3 is 14.8 Å². The number of benzene rings is 1. The van der Waals surface area contributed by atoms with E-state index in [1.165, 1.54) is 20.5 Å². The summed E-state index contributed by atoms with van der Waals surface area (Å²) in [6.45, 7) is 0.290. The van der Waals surface area contributed by atoms with Crippen molar-refractivity contribution in [3.05, 3.63) is 17.2 Å². The SMILES string of the molecule is COc1cc(OC)c(NCCS(C)(=O)=O)cc1Cl. The van der Waals surface area contributed by atoms with Gasteiger partial charge in [-0.05, 0) is 6.07 Å². The third-order valence-corrected chi connectivity index (χ3v) is 3.50. The topological polar surface area (TPSA) is 64.6 Å². The molecule has 18 heavy (non-hydrogen) atoms. The van der Waals surface area contributed by atoms with Crippen LogP contribution in [0.15, 0.2) is 12.1 Å². The predicted octanol–water partition coefficient (Wildman–Crippen LogP) is 1.81. The van der Waals surface area contributed by atoms with E-state index < -0.39 is 9.84 Å². The maximum Gasteiger partial charge on any atom is 0.149 e. The summed E-state index contributed by atoms with van der Waals surface area (Å²) in [6, 6.07) is 3.28. The minimum atomic E-state index is -3.00. The molecular formula is C11H16ClNO4S. The summed E-state index contributed by atoms with van der Waals surface area (Å²) in [5.41, 5.74) is 0.631. The zero-order valence-corrected chi connectivity index (χ0v) is 12.1. The Morgan fingerprint density at radius 2 is 1.83 bits per heavy atom. The molecule has 1 aromatic carbocycles. The lowest BCUT2D eigenvalue weighted by Crippen LogP contribution is -2.14. The Morgan fingerprint density at radius 1 is 1.22 bits per heavy atom. The molecule has 0 atom stereocenters. The molecule has 0 unspecified atom stereocenters. The lowest BCUT2D eigenvalue weighted by atomic mass is 10.2. The van der Waals surface area contributed by atoms with Crippen LogP contribution in [0.4, 0.5) is 5.69 Å². The molecule has 0 bridgehead atoms. The molecular weight excluding hydrogens is 278 g/mol. The second-order valence-electron chi connectivity index (χ2n) is 3.74. The second kappa shape index (κ2) is 6.15. The minimum Gasteiger partial charge on any atom is -0.495 e. The van der Waals surface area contributed by atoms with Gasteiger partial charge in [-0.15, -0.1) is 0 Å². The first-order valence-electron chi connectivity index (χ1n) is 5.20. The summed E-state index contributed by atoms with van der Waals surface area (Å²) in [5.74, 6) is 1.09. The number of halogens is 1. The fraction of sp³-hybridized carbons (Fsp3) is 0.455. The van der Waals surface area contributed by atoms with Gasteiger partial charge in [-0.3, -0.25) is 0 Å². The summed E-state index contributed by atoms with van der Waals surface area (Å²) < 4.78 is 32.3. The lowest BCUT2D eigenvalue weighted by Gasteiger charge is -2.13. The molecule has 0 aromatic heterocycles. The molecule has 0 saturated carbocycles. The smallest absolute Gasteiger partial charge is 0.149 e. The molecule has 7 heteroatoms. The van der Waals surface area contributed by atoms with Gasteiger partial charge in [0.05, 0.1) is 30.7 Å². The average Bonchev–Trinajstić information content (AvgIpc) is 2.27. The van der Waals surface area contributed by atoms with Crippen LogP contribution >= 0.6 is 11.6 Å². The highest BCUT2D eigenvalue weighted by Gasteiger charge is 2.10. The van der Waals surface area contributed by atoms with Crippen molar-refractivity contribution < 1.29 is 17.9 Å². The van der Waals surface area contributed by atoms with Crippen molar-refractivity contribution >= 4 is 27.1 Å². The highest BCUT2D eigenvalue weighted by molar-refractivity contribution is 7.90. The molecule has 102 valence electrons. The van der Waals surface area contributed by atoms with Gasteiger partial charge in [0.1, 0.15) is 21.3 Å². The quantitative estimate of drug-likeness (QED) is 0.866. The van der Waals surface area contributed by atoms with E-state index in [0.717, 1.165) is 0 Å². The normalized spacial score (nSPS) is 11.1. The van der Waals surface area contributed by atoms with Crippen molar-refractivity contribution in [1.82, 2.24) is 0 Å². The van der Waals surface area contributed by atoms with Crippen molar-refractivity contribution in [1.29, 1.82) is 0 Å². The zero-order valence-electron chi connectivity index (χ0n) is 10.5. The van der Waals surface area contributed by atoms with Gasteiger partial charge in [-0.2, -0.15) is 0 Å². The zero-order chi connectivity index (χ0) is 13.8. The van der Waals surface area contributed by atoms with Crippen LogP contribution in [-0.4, -0.2) is 41.2 Å². The van der Waals surface area contributed by atoms with Crippen LogP contribution in [0.2, 0.25) is 5.02 Å². The summed E-state index contributed by atoms with van der Waals surface area (Å²) in [6.07, 6.45) is 1.19. The van der Waals surface area contributed by atoms with E-state index in [1.807, 2.05) is 0 Å². The first-order chi connectivity index (χ1) is 8.37. The van der Waals surface area contributed by atoms with Crippen LogP contribution in [0.1, 0.15) is 0 Å². The Hall–Kier alpha value is -1.14. The van der Waals surface area contributed by atoms with Gasteiger partial charge in [-0.1, -0.05) is 11.6 Å². The molecule has 1 rings (SSSR count). The maximum atomic E-state index is 11.0. The highest BCUT2D eigenvalue weighted by atomic mass is 35.5. The van der Waals surface area contributed by atoms with Crippen molar-refractivity contribution in [2.75, 3.05) is 38.1 Å². The van der Waals surface area contributed by atoms with Crippen LogP contribution in [0.5, 0.6) is 11.5 Å². The van der Waals surface area contributed by atoms with Gasteiger partial charge in [-0.25, -0.2) is 8.42 Å². The van der Waals surface area contributed by atoms with Crippen molar-refractivity contribution in [2.45, 2.75) is 0 Å². The minimum absolute atomic E-state index is 0.0415. The van der Waals surface area contributed by atoms with E-state index in [0.29, 0.717) is 22.2 Å². The number of sulfone groups is 1. The molecule has 0 fully saturated rings. The summed E-state index contributed by atoms with van der Waals surface area (Å²) in [5, 5.41) is 3.40. The summed E-state index contributed by atoms with van der Waals surface area (Å²) in [4.78, 5) is 0. The third kappa shape index (κ3) is 4.27. The summed E-state index contributed by atoms with van der Waals surface area (Å²) >= 11 is 5.99. The number of rotatable bonds is 6. The van der Waals surface area contributed by atoms with Crippen molar-refractivity contribution in [2.24, 2.45) is 0 Å². The number of ether oxygens (including phenoxy) is 2. The third-order valence-electron chi connectivity index (χ3n) is 2.26. The summed E-state index contributed by atoms with van der Waals surface area (Å²) in [7, 11) is 0.0318. The van der Waals surface area contributed by atoms with Gasteiger partial charge in [0, 0.05) is 18.9 Å². The van der Waals surface area contributed by atoms with Gasteiger partial charge in [0.15, 0.2) is 0 Å². The number of anilines is 1. The average molecular weight is 294 g/mol. The first kappa shape index (κ1) is 14.9. The van der Waals surface area contributed by atoms with Crippen LogP contribution in [0, 0.1) is 0 Å². The van der Waals surface area contributed by atoms with E-state index in [4.69, 9.17) is 21.1 Å². The van der Waals surface area contributed by atoms with Crippen molar-refractivity contribution in [3.8, 4) is 11.5 Å². The van der Waals surface area contributed by atoms with Crippen LogP contribution in [-0.2, 0) is 9.84 Å². The fourth-order valence-electron chi connectivity index (χ4n) is 1.37. The molecule has 0 amide bonds. The number of nitrogens with one attached hydrogen (secondary N) is 1. The first-order valence-corrected chi connectivity index (χ1v) is 7.64. The molecule has 1 aromatic rings. The molecule has 1 N–H and O–H groups in total. The van der Waals surface area contributed by atoms with Crippen LogP contribution < -0.4 is 14.8 Å². The maximum absolute atomic E-state index is 11.0. The van der Waals surface area contributed by atoms with E-state index in [1.54, 1.807) is 12.1 Å². The predicted molar refractivity (Wildman–Crippen MR) is 72.8 cm³/mol. The lowest BCUT2D eigenvalue weighted by molar-refractivity contribution is 0.395. The molecule has 0 aliphatic heterocycles. The second-order valence-corrected chi connectivity index (χ2v) is 6.41. The fourth-order valence-corrected chi connectivity index (χ4v) is 2.08. The Morgan fingerprint density at radius 3 is 2.33 bits per heavy atom. The van der Waals surface area contributed by atoms with E-state index in [9.17, 15) is 8.42 Å². The van der Waals surface area contributed by atoms with E-state index in [2.05, 4.69) is 5.32 Å². The van der Waals surface area contributed by atoms with E-state index in [-0.39, 0.29) is 12.3 Å². The Kier molecular flexibility index (Phi) is 5.10. The largest absolute Gasteiger partial charge is 0.495 e. The van der Waals surface area contributed by atoms with E-state index >= 15 is 0 Å². The molecule has 5 nitrogen and oxygen atoms in total. The number of hydrogen-bond acceptors (Lipinski definition) is 5. The Balaban J connectivity index is 2.85. The highest BCUT2D eigenvalue weighted by Crippen LogP contribution is 2.35. The molecule has 0 heterocycles. The molecule has 0 radical (unpaired) electrons. The van der Waals surface area contributed by atoms with Crippen molar-refractivity contribution in [3.63, 3.8) is 0 Å². The molecule has 0 saturated heterocycles. The molecule has 0 spiro atoms. The molecule has 0 aliphatic carbocycles. The number of methoxy groups -OCH3 is 2.